The highest BCUT2D eigenvalue weighted by molar-refractivity contribution is 6.30. The lowest BCUT2D eigenvalue weighted by atomic mass is 9.94. The molecule has 4 N–H and O–H groups in total. The molecule has 1 aromatic carbocycles. The molecule has 3 rings (SSSR count). The molecule has 194 valence electrons. The van der Waals surface area contributed by atoms with Crippen LogP contribution >= 0.6 is 11.6 Å². The highest BCUT2D eigenvalue weighted by Gasteiger charge is 2.27. The van der Waals surface area contributed by atoms with Crippen molar-refractivity contribution in [1.29, 1.82) is 0 Å². The number of nitrogens with one attached hydrogen (secondary N) is 3. The van der Waals surface area contributed by atoms with Crippen LogP contribution < -0.4 is 20.7 Å². The first kappa shape index (κ1) is 27.4. The van der Waals surface area contributed by atoms with Crippen LogP contribution in [0.5, 0.6) is 11.6 Å². The third kappa shape index (κ3) is 8.46. The van der Waals surface area contributed by atoms with Crippen LogP contribution in [0.4, 0.5) is 10.2 Å². The number of halogens is 2. The van der Waals surface area contributed by atoms with E-state index >= 15 is 0 Å². The Morgan fingerprint density at radius 3 is 2.46 bits per heavy atom. The summed E-state index contributed by atoms with van der Waals surface area (Å²) in [5, 5.41) is 18.7. The molecule has 0 fully saturated rings. The van der Waals surface area contributed by atoms with Crippen LogP contribution in [0.1, 0.15) is 25.1 Å². The number of carboxylic acids is 1. The summed E-state index contributed by atoms with van der Waals surface area (Å²) in [5.41, 5.74) is 0.326. The zero-order valence-corrected chi connectivity index (χ0v) is 21.3. The van der Waals surface area contributed by atoms with Gasteiger partial charge in [0.05, 0.1) is 17.3 Å². The number of carboxylic acid groups (broad SMARTS) is 1. The van der Waals surface area contributed by atoms with Gasteiger partial charge in [-0.15, -0.1) is 0 Å². The normalized spacial score (nSPS) is 11.5. The molecule has 2 aromatic heterocycles. The molecule has 0 saturated heterocycles. The standard InChI is InChI=1S/C26H27ClFN5O4/c1-16-20(37-24-11-8-19(28)14-30-24)9-10-21(32-16)33-22(29-13-17-4-6-18(27)7-5-17)12-23(34)31-15-26(2,3)25(35)36/h4-12,14,29H,13,15H2,1-3H3,(H,31,34)(H,32,33)(H,35,36)/b22-12+. The van der Waals surface area contributed by atoms with Gasteiger partial charge in [-0.25, -0.2) is 14.4 Å². The molecule has 0 aliphatic heterocycles. The van der Waals surface area contributed by atoms with Crippen molar-refractivity contribution >= 4 is 29.3 Å². The molecular formula is C26H27ClFN5O4. The summed E-state index contributed by atoms with van der Waals surface area (Å²) in [6, 6.07) is 13.2. The lowest BCUT2D eigenvalue weighted by Crippen LogP contribution is -2.38. The predicted octanol–water partition coefficient (Wildman–Crippen LogP) is 4.64. The molecule has 37 heavy (non-hydrogen) atoms. The quantitative estimate of drug-likeness (QED) is 0.266. The summed E-state index contributed by atoms with van der Waals surface area (Å²) in [6.07, 6.45) is 2.35. The largest absolute Gasteiger partial charge is 0.481 e. The fourth-order valence-corrected chi connectivity index (χ4v) is 3.02. The summed E-state index contributed by atoms with van der Waals surface area (Å²) in [7, 11) is 0. The number of hydrogen-bond donors (Lipinski definition) is 4. The predicted molar refractivity (Wildman–Crippen MR) is 138 cm³/mol. The van der Waals surface area contributed by atoms with Gasteiger partial charge in [0.15, 0.2) is 5.75 Å². The van der Waals surface area contributed by atoms with E-state index in [1.807, 2.05) is 12.1 Å². The average molecular weight is 528 g/mol. The molecule has 0 saturated carbocycles. The van der Waals surface area contributed by atoms with Crippen LogP contribution in [0.2, 0.25) is 5.02 Å². The van der Waals surface area contributed by atoms with E-state index in [9.17, 15) is 19.1 Å². The van der Waals surface area contributed by atoms with E-state index in [-0.39, 0.29) is 12.4 Å². The first-order chi connectivity index (χ1) is 17.5. The van der Waals surface area contributed by atoms with Gasteiger partial charge in [-0.05, 0) is 56.7 Å². The number of aliphatic carboxylic acids is 1. The van der Waals surface area contributed by atoms with Gasteiger partial charge in [-0.2, -0.15) is 0 Å². The summed E-state index contributed by atoms with van der Waals surface area (Å²) in [5.74, 6) is -0.570. The SMILES string of the molecule is Cc1nc(N/C(=C/C(=O)NCC(C)(C)C(=O)O)NCc2ccc(Cl)cc2)ccc1Oc1ccc(F)cn1. The van der Waals surface area contributed by atoms with E-state index in [0.717, 1.165) is 11.8 Å². The van der Waals surface area contributed by atoms with Gasteiger partial charge in [-0.1, -0.05) is 23.7 Å². The van der Waals surface area contributed by atoms with E-state index in [4.69, 9.17) is 16.3 Å². The van der Waals surface area contributed by atoms with Gasteiger partial charge < -0.3 is 25.8 Å². The van der Waals surface area contributed by atoms with Crippen molar-refractivity contribution in [3.05, 3.63) is 88.7 Å². The average Bonchev–Trinajstić information content (AvgIpc) is 2.85. The van der Waals surface area contributed by atoms with Crippen molar-refractivity contribution < 1.29 is 23.8 Å². The number of anilines is 1. The zero-order chi connectivity index (χ0) is 27.0. The topological polar surface area (TPSA) is 125 Å². The number of hydrogen-bond acceptors (Lipinski definition) is 7. The number of benzene rings is 1. The van der Waals surface area contributed by atoms with Crippen molar-refractivity contribution in [2.24, 2.45) is 5.41 Å². The second kappa shape index (κ2) is 12.2. The monoisotopic (exact) mass is 527 g/mol. The van der Waals surface area contributed by atoms with Crippen LogP contribution in [0.25, 0.3) is 0 Å². The van der Waals surface area contributed by atoms with Gasteiger partial charge in [0, 0.05) is 30.3 Å². The molecule has 0 bridgehead atoms. The van der Waals surface area contributed by atoms with Crippen LogP contribution in [0, 0.1) is 18.2 Å². The van der Waals surface area contributed by atoms with Crippen molar-refractivity contribution in [3.63, 3.8) is 0 Å². The smallest absolute Gasteiger partial charge is 0.310 e. The number of nitrogens with zero attached hydrogens (tertiary/aromatic N) is 2. The Bertz CT molecular complexity index is 1280. The number of carbonyl (C=O) groups excluding carboxylic acids is 1. The summed E-state index contributed by atoms with van der Waals surface area (Å²) in [6.45, 7) is 5.10. The Kier molecular flexibility index (Phi) is 9.02. The molecule has 11 heteroatoms. The molecular weight excluding hydrogens is 501 g/mol. The number of amides is 1. The first-order valence-corrected chi connectivity index (χ1v) is 11.6. The van der Waals surface area contributed by atoms with Crippen LogP contribution in [0.3, 0.4) is 0 Å². The van der Waals surface area contributed by atoms with Crippen molar-refractivity contribution in [2.45, 2.75) is 27.3 Å². The molecule has 9 nitrogen and oxygen atoms in total. The Labute approximate surface area is 218 Å². The lowest BCUT2D eigenvalue weighted by molar-refractivity contribution is -0.146. The molecule has 0 aliphatic carbocycles. The Morgan fingerprint density at radius 2 is 1.84 bits per heavy atom. The minimum Gasteiger partial charge on any atom is -0.481 e. The second-order valence-corrected chi connectivity index (χ2v) is 9.20. The maximum Gasteiger partial charge on any atom is 0.310 e. The summed E-state index contributed by atoms with van der Waals surface area (Å²) >= 11 is 5.95. The zero-order valence-electron chi connectivity index (χ0n) is 20.5. The molecule has 3 aromatic rings. The van der Waals surface area contributed by atoms with Gasteiger partial charge in [-0.3, -0.25) is 9.59 Å². The number of aryl methyl sites for hydroxylation is 1. The van der Waals surface area contributed by atoms with Crippen LogP contribution in [-0.2, 0) is 16.1 Å². The molecule has 1 amide bonds. The van der Waals surface area contributed by atoms with Gasteiger partial charge >= 0.3 is 5.97 Å². The lowest BCUT2D eigenvalue weighted by Gasteiger charge is -2.19. The molecule has 0 aliphatic rings. The summed E-state index contributed by atoms with van der Waals surface area (Å²) in [4.78, 5) is 32.2. The molecule has 2 heterocycles. The highest BCUT2D eigenvalue weighted by atomic mass is 35.5. The molecule has 0 unspecified atom stereocenters. The number of aromatic nitrogens is 2. The van der Waals surface area contributed by atoms with E-state index in [2.05, 4.69) is 25.9 Å². The Hall–Kier alpha value is -4.18. The van der Waals surface area contributed by atoms with Crippen molar-refractivity contribution in [3.8, 4) is 11.6 Å². The fourth-order valence-electron chi connectivity index (χ4n) is 2.90. The minimum atomic E-state index is -1.12. The second-order valence-electron chi connectivity index (χ2n) is 8.77. The Morgan fingerprint density at radius 1 is 1.11 bits per heavy atom. The third-order valence-electron chi connectivity index (χ3n) is 5.17. The number of carbonyl (C=O) groups is 2. The molecule has 0 atom stereocenters. The third-order valence-corrected chi connectivity index (χ3v) is 5.42. The highest BCUT2D eigenvalue weighted by Crippen LogP contribution is 2.24. The maximum atomic E-state index is 13.1. The van der Waals surface area contributed by atoms with Crippen molar-refractivity contribution in [1.82, 2.24) is 20.6 Å². The maximum absolute atomic E-state index is 13.1. The molecule has 0 spiro atoms. The fraction of sp³-hybridized carbons (Fsp3) is 0.231. The van der Waals surface area contributed by atoms with Crippen LogP contribution in [-0.4, -0.2) is 33.5 Å². The number of rotatable bonds is 11. The van der Waals surface area contributed by atoms with E-state index < -0.39 is 23.1 Å². The summed E-state index contributed by atoms with van der Waals surface area (Å²) < 4.78 is 18.8. The first-order valence-electron chi connectivity index (χ1n) is 11.3. The van der Waals surface area contributed by atoms with E-state index in [1.165, 1.54) is 32.1 Å². The minimum absolute atomic E-state index is 0.0526. The van der Waals surface area contributed by atoms with Gasteiger partial charge in [0.2, 0.25) is 11.8 Å². The molecule has 0 radical (unpaired) electrons. The van der Waals surface area contributed by atoms with Crippen molar-refractivity contribution in [2.75, 3.05) is 11.9 Å². The van der Waals surface area contributed by atoms with E-state index in [0.29, 0.717) is 34.6 Å². The van der Waals surface area contributed by atoms with Gasteiger partial charge in [0.25, 0.3) is 0 Å². The van der Waals surface area contributed by atoms with E-state index in [1.54, 1.807) is 31.2 Å². The van der Waals surface area contributed by atoms with Gasteiger partial charge in [0.1, 0.15) is 17.5 Å². The van der Waals surface area contributed by atoms with Crippen LogP contribution in [0.15, 0.2) is 66.6 Å². The number of ether oxygens (including phenoxy) is 1. The Balaban J connectivity index is 1.75. The number of pyridine rings is 2.